The molecule has 4 aromatic carbocycles. The molecule has 2 nitrogen and oxygen atoms in total. The van der Waals surface area contributed by atoms with Crippen LogP contribution in [-0.2, 0) is 12.8 Å². The minimum atomic E-state index is 0.965. The van der Waals surface area contributed by atoms with Crippen LogP contribution in [0, 0.1) is 0 Å². The van der Waals surface area contributed by atoms with Gasteiger partial charge in [-0.1, -0.05) is 86.6 Å². The Morgan fingerprint density at radius 2 is 0.824 bits per heavy atom. The van der Waals surface area contributed by atoms with E-state index in [1.807, 2.05) is 0 Å². The van der Waals surface area contributed by atoms with Crippen LogP contribution in [0.5, 0.6) is 0 Å². The highest BCUT2D eigenvalue weighted by atomic mass is 15.1. The zero-order valence-corrected chi connectivity index (χ0v) is 21.4. The largest absolute Gasteiger partial charge is 0.377 e. The van der Waals surface area contributed by atoms with Crippen molar-refractivity contribution >= 4 is 11.4 Å². The van der Waals surface area contributed by atoms with Crippen molar-refractivity contribution < 1.29 is 0 Å². The highest BCUT2D eigenvalue weighted by molar-refractivity contribution is 5.97. The molecule has 4 rings (SSSR count). The van der Waals surface area contributed by atoms with E-state index in [9.17, 15) is 0 Å². The molecule has 0 saturated heterocycles. The molecule has 0 aliphatic heterocycles. The number of nitrogens with zero attached hydrogens (tertiary/aromatic N) is 2. The van der Waals surface area contributed by atoms with E-state index in [4.69, 9.17) is 0 Å². The fourth-order valence-corrected chi connectivity index (χ4v) is 5.08. The molecule has 0 atom stereocenters. The van der Waals surface area contributed by atoms with Gasteiger partial charge in [0.2, 0.25) is 0 Å². The predicted molar refractivity (Wildman–Crippen MR) is 150 cm³/mol. The SMILES string of the molecule is CCc1c(-c2ccccc2)ccc(N(C)C)c1-c1c(N(C)C)ccc(-c2ccccc2)c1CC. The van der Waals surface area contributed by atoms with E-state index in [0.717, 1.165) is 12.8 Å². The van der Waals surface area contributed by atoms with Crippen molar-refractivity contribution in [2.24, 2.45) is 0 Å². The maximum absolute atomic E-state index is 2.30. The summed E-state index contributed by atoms with van der Waals surface area (Å²) in [6.45, 7) is 4.57. The second-order valence-electron chi connectivity index (χ2n) is 9.20. The molecule has 174 valence electrons. The molecule has 0 bridgehead atoms. The number of rotatable bonds is 7. The second kappa shape index (κ2) is 10.2. The normalized spacial score (nSPS) is 10.9. The molecule has 0 heterocycles. The van der Waals surface area contributed by atoms with Gasteiger partial charge in [0, 0.05) is 50.7 Å². The standard InChI is InChI=1S/C32H36N2/c1-7-25-27(23-15-11-9-12-16-23)19-21-29(33(3)4)31(25)32-26(8-2)28(20-22-30(32)34(5)6)24-17-13-10-14-18-24/h9-22H,7-8H2,1-6H3. The summed E-state index contributed by atoms with van der Waals surface area (Å²) in [4.78, 5) is 4.52. The Morgan fingerprint density at radius 1 is 0.471 bits per heavy atom. The van der Waals surface area contributed by atoms with Crippen molar-refractivity contribution in [3.8, 4) is 33.4 Å². The maximum atomic E-state index is 2.30. The maximum Gasteiger partial charge on any atom is 0.0444 e. The van der Waals surface area contributed by atoms with Gasteiger partial charge >= 0.3 is 0 Å². The Kier molecular flexibility index (Phi) is 7.07. The molecule has 0 aliphatic carbocycles. The van der Waals surface area contributed by atoms with Gasteiger partial charge in [-0.2, -0.15) is 0 Å². The third-order valence-corrected chi connectivity index (χ3v) is 6.67. The summed E-state index contributed by atoms with van der Waals surface area (Å²) in [7, 11) is 8.62. The number of benzene rings is 4. The first-order chi connectivity index (χ1) is 16.5. The van der Waals surface area contributed by atoms with Gasteiger partial charge in [0.25, 0.3) is 0 Å². The first kappa shape index (κ1) is 23.6. The van der Waals surface area contributed by atoms with E-state index in [2.05, 4.69) is 137 Å². The molecule has 0 fully saturated rings. The monoisotopic (exact) mass is 448 g/mol. The van der Waals surface area contributed by atoms with E-state index in [-0.39, 0.29) is 0 Å². The Hall–Kier alpha value is -3.52. The fourth-order valence-electron chi connectivity index (χ4n) is 5.08. The van der Waals surface area contributed by atoms with Crippen LogP contribution >= 0.6 is 0 Å². The zero-order valence-electron chi connectivity index (χ0n) is 21.4. The van der Waals surface area contributed by atoms with Crippen LogP contribution in [-0.4, -0.2) is 28.2 Å². The summed E-state index contributed by atoms with van der Waals surface area (Å²) in [5.74, 6) is 0. The topological polar surface area (TPSA) is 6.48 Å². The van der Waals surface area contributed by atoms with Gasteiger partial charge in [0.15, 0.2) is 0 Å². The molecule has 0 amide bonds. The lowest BCUT2D eigenvalue weighted by atomic mass is 9.83. The molecular weight excluding hydrogens is 412 g/mol. The van der Waals surface area contributed by atoms with Gasteiger partial charge < -0.3 is 9.80 Å². The average Bonchev–Trinajstić information content (AvgIpc) is 2.87. The summed E-state index contributed by atoms with van der Waals surface area (Å²) in [5, 5.41) is 0. The summed E-state index contributed by atoms with van der Waals surface area (Å²) in [6, 6.07) is 30.8. The summed E-state index contributed by atoms with van der Waals surface area (Å²) in [6.07, 6.45) is 1.93. The van der Waals surface area contributed by atoms with Gasteiger partial charge in [0.1, 0.15) is 0 Å². The van der Waals surface area contributed by atoms with Gasteiger partial charge in [-0.25, -0.2) is 0 Å². The van der Waals surface area contributed by atoms with E-state index < -0.39 is 0 Å². The number of hydrogen-bond donors (Lipinski definition) is 0. The van der Waals surface area contributed by atoms with E-state index in [0.29, 0.717) is 0 Å². The van der Waals surface area contributed by atoms with E-state index >= 15 is 0 Å². The van der Waals surface area contributed by atoms with E-state index in [1.165, 1.54) is 55.9 Å². The van der Waals surface area contributed by atoms with Crippen LogP contribution in [0.3, 0.4) is 0 Å². The van der Waals surface area contributed by atoms with Crippen LogP contribution in [0.1, 0.15) is 25.0 Å². The van der Waals surface area contributed by atoms with Crippen LogP contribution in [0.25, 0.3) is 33.4 Å². The zero-order chi connectivity index (χ0) is 24.2. The van der Waals surface area contributed by atoms with Crippen LogP contribution < -0.4 is 9.80 Å². The minimum Gasteiger partial charge on any atom is -0.377 e. The summed E-state index contributed by atoms with van der Waals surface area (Å²) >= 11 is 0. The number of hydrogen-bond acceptors (Lipinski definition) is 2. The highest BCUT2D eigenvalue weighted by Gasteiger charge is 2.23. The molecule has 4 aromatic rings. The Morgan fingerprint density at radius 3 is 1.12 bits per heavy atom. The Bertz CT molecular complexity index is 1150. The van der Waals surface area contributed by atoms with Crippen molar-refractivity contribution in [2.45, 2.75) is 26.7 Å². The van der Waals surface area contributed by atoms with Crippen molar-refractivity contribution in [2.75, 3.05) is 38.0 Å². The van der Waals surface area contributed by atoms with Crippen molar-refractivity contribution in [1.82, 2.24) is 0 Å². The third-order valence-electron chi connectivity index (χ3n) is 6.67. The highest BCUT2D eigenvalue weighted by Crippen LogP contribution is 2.47. The third kappa shape index (κ3) is 4.33. The summed E-state index contributed by atoms with van der Waals surface area (Å²) in [5.41, 5.74) is 13.2. The van der Waals surface area contributed by atoms with Crippen LogP contribution in [0.2, 0.25) is 0 Å². The fraction of sp³-hybridized carbons (Fsp3) is 0.250. The Balaban J connectivity index is 2.14. The molecule has 2 heteroatoms. The Labute approximate surface area is 205 Å². The lowest BCUT2D eigenvalue weighted by Gasteiger charge is -2.29. The molecule has 0 N–H and O–H groups in total. The van der Waals surface area contributed by atoms with Crippen molar-refractivity contribution in [3.05, 3.63) is 96.1 Å². The second-order valence-corrected chi connectivity index (χ2v) is 9.20. The number of anilines is 2. The molecule has 0 aromatic heterocycles. The van der Waals surface area contributed by atoms with Crippen LogP contribution in [0.4, 0.5) is 11.4 Å². The molecular formula is C32H36N2. The van der Waals surface area contributed by atoms with Gasteiger partial charge in [-0.05, 0) is 58.4 Å². The first-order valence-corrected chi connectivity index (χ1v) is 12.3. The average molecular weight is 449 g/mol. The lowest BCUT2D eigenvalue weighted by Crippen LogP contribution is -2.15. The molecule has 0 radical (unpaired) electrons. The van der Waals surface area contributed by atoms with Crippen molar-refractivity contribution in [1.29, 1.82) is 0 Å². The minimum absolute atomic E-state index is 0.965. The quantitative estimate of drug-likeness (QED) is 0.283. The molecule has 34 heavy (non-hydrogen) atoms. The van der Waals surface area contributed by atoms with Gasteiger partial charge in [-0.15, -0.1) is 0 Å². The molecule has 0 unspecified atom stereocenters. The van der Waals surface area contributed by atoms with Crippen LogP contribution in [0.15, 0.2) is 84.9 Å². The first-order valence-electron chi connectivity index (χ1n) is 12.3. The van der Waals surface area contributed by atoms with Crippen molar-refractivity contribution in [3.63, 3.8) is 0 Å². The van der Waals surface area contributed by atoms with Gasteiger partial charge in [-0.3, -0.25) is 0 Å². The molecule has 0 aliphatic rings. The van der Waals surface area contributed by atoms with E-state index in [1.54, 1.807) is 0 Å². The smallest absolute Gasteiger partial charge is 0.0444 e. The molecule has 0 saturated carbocycles. The van der Waals surface area contributed by atoms with Gasteiger partial charge in [0.05, 0.1) is 0 Å². The summed E-state index contributed by atoms with van der Waals surface area (Å²) < 4.78 is 0. The molecule has 0 spiro atoms. The lowest BCUT2D eigenvalue weighted by molar-refractivity contribution is 1.07. The predicted octanol–water partition coefficient (Wildman–Crippen LogP) is 7.94.